The van der Waals surface area contributed by atoms with E-state index in [0.717, 1.165) is 0 Å². The van der Waals surface area contributed by atoms with Gasteiger partial charge >= 0.3 is 6.61 Å². The van der Waals surface area contributed by atoms with Gasteiger partial charge in [0, 0.05) is 24.2 Å². The highest BCUT2D eigenvalue weighted by Gasteiger charge is 2.11. The first-order valence-corrected chi connectivity index (χ1v) is 7.94. The molecule has 0 aliphatic heterocycles. The summed E-state index contributed by atoms with van der Waals surface area (Å²) in [6.45, 7) is 0.723. The van der Waals surface area contributed by atoms with Crippen molar-refractivity contribution in [3.63, 3.8) is 0 Å². The molecule has 0 saturated carbocycles. The van der Waals surface area contributed by atoms with Gasteiger partial charge < -0.3 is 15.4 Å². The number of carbonyl (C=O) groups excluding carboxylic acids is 2. The summed E-state index contributed by atoms with van der Waals surface area (Å²) in [6.07, 6.45) is 1.42. The summed E-state index contributed by atoms with van der Waals surface area (Å²) in [5.74, 6) is -0.492. The van der Waals surface area contributed by atoms with Crippen LogP contribution in [0.2, 0.25) is 0 Å². The Kier molecular flexibility index (Phi) is 6.60. The molecule has 0 aliphatic rings. The lowest BCUT2D eigenvalue weighted by Gasteiger charge is -2.10. The number of carbonyl (C=O) groups is 2. The Morgan fingerprint density at radius 3 is 2.65 bits per heavy atom. The molecule has 0 fully saturated rings. The lowest BCUT2D eigenvalue weighted by atomic mass is 10.2. The number of alkyl halides is 2. The van der Waals surface area contributed by atoms with Crippen LogP contribution in [0.4, 0.5) is 14.6 Å². The average Bonchev–Trinajstić information content (AvgIpc) is 2.59. The molecule has 1 aromatic heterocycles. The maximum atomic E-state index is 12.2. The molecule has 0 saturated heterocycles. The number of aromatic nitrogens is 1. The van der Waals surface area contributed by atoms with Crippen LogP contribution in [0, 0.1) is 5.92 Å². The predicted molar refractivity (Wildman–Crippen MR) is 91.9 cm³/mol. The van der Waals surface area contributed by atoms with Crippen LogP contribution in [0.5, 0.6) is 5.75 Å². The summed E-state index contributed by atoms with van der Waals surface area (Å²) in [5.41, 5.74) is 0.929. The van der Waals surface area contributed by atoms with Gasteiger partial charge in [0.05, 0.1) is 0 Å². The largest absolute Gasteiger partial charge is 0.435 e. The van der Waals surface area contributed by atoms with Gasteiger partial charge in [-0.1, -0.05) is 26.0 Å². The van der Waals surface area contributed by atoms with Gasteiger partial charge in [-0.05, 0) is 29.8 Å². The van der Waals surface area contributed by atoms with Gasteiger partial charge in [0.15, 0.2) is 0 Å². The maximum absolute atomic E-state index is 12.2. The minimum absolute atomic E-state index is 0.0225. The zero-order valence-corrected chi connectivity index (χ0v) is 14.3. The third kappa shape index (κ3) is 5.80. The SMILES string of the molecule is CC(C)C(=O)Nc1cc(C(=O)NCc2cccc(OC(F)F)c2)ccn1. The van der Waals surface area contributed by atoms with E-state index in [-0.39, 0.29) is 35.8 Å². The molecular formula is C18H19F2N3O3. The van der Waals surface area contributed by atoms with Crippen molar-refractivity contribution in [3.8, 4) is 5.75 Å². The molecule has 26 heavy (non-hydrogen) atoms. The second-order valence-electron chi connectivity index (χ2n) is 5.78. The number of halogens is 2. The van der Waals surface area contributed by atoms with Crippen LogP contribution < -0.4 is 15.4 Å². The Hall–Kier alpha value is -3.03. The number of nitrogens with one attached hydrogen (secondary N) is 2. The van der Waals surface area contributed by atoms with E-state index in [4.69, 9.17) is 0 Å². The smallest absolute Gasteiger partial charge is 0.387 e. The van der Waals surface area contributed by atoms with Crippen molar-refractivity contribution in [2.45, 2.75) is 27.0 Å². The number of amides is 2. The van der Waals surface area contributed by atoms with Gasteiger partial charge in [-0.2, -0.15) is 8.78 Å². The lowest BCUT2D eigenvalue weighted by molar-refractivity contribution is -0.118. The highest BCUT2D eigenvalue weighted by Crippen LogP contribution is 2.16. The van der Waals surface area contributed by atoms with Crippen LogP contribution in [0.1, 0.15) is 29.8 Å². The summed E-state index contributed by atoms with van der Waals surface area (Å²) in [6, 6.07) is 9.05. The lowest BCUT2D eigenvalue weighted by Crippen LogP contribution is -2.23. The van der Waals surface area contributed by atoms with E-state index in [1.807, 2.05) is 0 Å². The summed E-state index contributed by atoms with van der Waals surface area (Å²) >= 11 is 0. The maximum Gasteiger partial charge on any atom is 0.387 e. The molecule has 2 aromatic rings. The first kappa shape index (κ1) is 19.3. The summed E-state index contributed by atoms with van der Waals surface area (Å²) in [7, 11) is 0. The van der Waals surface area contributed by atoms with Crippen LogP contribution in [0.15, 0.2) is 42.6 Å². The van der Waals surface area contributed by atoms with Crippen LogP contribution >= 0.6 is 0 Å². The molecule has 6 nitrogen and oxygen atoms in total. The van der Waals surface area contributed by atoms with Crippen molar-refractivity contribution in [2.24, 2.45) is 5.92 Å². The van der Waals surface area contributed by atoms with Gasteiger partial charge in [-0.3, -0.25) is 9.59 Å². The summed E-state index contributed by atoms with van der Waals surface area (Å²) in [4.78, 5) is 27.9. The average molecular weight is 363 g/mol. The van der Waals surface area contributed by atoms with Crippen LogP contribution in [-0.4, -0.2) is 23.4 Å². The highest BCUT2D eigenvalue weighted by molar-refractivity contribution is 5.96. The molecule has 0 unspecified atom stereocenters. The molecule has 0 aliphatic carbocycles. The first-order valence-electron chi connectivity index (χ1n) is 7.94. The second-order valence-corrected chi connectivity index (χ2v) is 5.78. The van der Waals surface area contributed by atoms with E-state index >= 15 is 0 Å². The Morgan fingerprint density at radius 1 is 1.19 bits per heavy atom. The number of rotatable bonds is 7. The van der Waals surface area contributed by atoms with Crippen LogP contribution in [0.3, 0.4) is 0 Å². The highest BCUT2D eigenvalue weighted by atomic mass is 19.3. The van der Waals surface area contributed by atoms with Crippen molar-refractivity contribution in [3.05, 3.63) is 53.7 Å². The molecule has 2 rings (SSSR count). The van der Waals surface area contributed by atoms with Crippen molar-refractivity contribution in [1.29, 1.82) is 0 Å². The Labute approximate surface area is 149 Å². The van der Waals surface area contributed by atoms with Crippen molar-refractivity contribution in [1.82, 2.24) is 10.3 Å². The number of pyridine rings is 1. The minimum Gasteiger partial charge on any atom is -0.435 e. The fraction of sp³-hybridized carbons (Fsp3) is 0.278. The third-order valence-corrected chi connectivity index (χ3v) is 3.37. The normalized spacial score (nSPS) is 10.7. The summed E-state index contributed by atoms with van der Waals surface area (Å²) in [5, 5.41) is 5.30. The number of ether oxygens (including phenoxy) is 1. The van der Waals surface area contributed by atoms with E-state index in [1.54, 1.807) is 26.0 Å². The van der Waals surface area contributed by atoms with E-state index in [9.17, 15) is 18.4 Å². The Bertz CT molecular complexity index is 782. The first-order chi connectivity index (χ1) is 12.3. The topological polar surface area (TPSA) is 80.3 Å². The standard InChI is InChI=1S/C18H19F2N3O3/c1-11(2)16(24)23-15-9-13(6-7-21-15)17(25)22-10-12-4-3-5-14(8-12)26-18(19)20/h3-9,11,18H,10H2,1-2H3,(H,22,25)(H,21,23,24). The predicted octanol–water partition coefficient (Wildman–Crippen LogP) is 3.21. The van der Waals surface area contributed by atoms with Crippen molar-refractivity contribution >= 4 is 17.6 Å². The Morgan fingerprint density at radius 2 is 1.96 bits per heavy atom. The van der Waals surface area contributed by atoms with Crippen LogP contribution in [0.25, 0.3) is 0 Å². The molecule has 8 heteroatoms. The van der Waals surface area contributed by atoms with E-state index in [1.165, 1.54) is 30.5 Å². The zero-order valence-electron chi connectivity index (χ0n) is 14.3. The van der Waals surface area contributed by atoms with E-state index in [2.05, 4.69) is 20.4 Å². The molecule has 0 bridgehead atoms. The quantitative estimate of drug-likeness (QED) is 0.792. The molecule has 2 N–H and O–H groups in total. The molecule has 1 aromatic carbocycles. The molecule has 0 atom stereocenters. The minimum atomic E-state index is -2.91. The molecule has 1 heterocycles. The van der Waals surface area contributed by atoms with Gasteiger partial charge in [0.25, 0.3) is 5.91 Å². The number of benzene rings is 1. The van der Waals surface area contributed by atoms with Gasteiger partial charge in [-0.25, -0.2) is 4.98 Å². The molecule has 0 radical (unpaired) electrons. The fourth-order valence-electron chi connectivity index (χ4n) is 2.03. The number of hydrogen-bond acceptors (Lipinski definition) is 4. The monoisotopic (exact) mass is 363 g/mol. The third-order valence-electron chi connectivity index (χ3n) is 3.37. The molecule has 2 amide bonds. The van der Waals surface area contributed by atoms with Crippen molar-refractivity contribution < 1.29 is 23.1 Å². The van der Waals surface area contributed by atoms with Gasteiger partial charge in [0.2, 0.25) is 5.91 Å². The Balaban J connectivity index is 1.99. The molecular weight excluding hydrogens is 344 g/mol. The number of hydrogen-bond donors (Lipinski definition) is 2. The number of anilines is 1. The molecule has 0 spiro atoms. The van der Waals surface area contributed by atoms with Gasteiger partial charge in [-0.15, -0.1) is 0 Å². The van der Waals surface area contributed by atoms with Crippen molar-refractivity contribution in [2.75, 3.05) is 5.32 Å². The second kappa shape index (κ2) is 8.89. The van der Waals surface area contributed by atoms with Gasteiger partial charge in [0.1, 0.15) is 11.6 Å². The molecule has 138 valence electrons. The fourth-order valence-corrected chi connectivity index (χ4v) is 2.03. The number of nitrogens with zero attached hydrogens (tertiary/aromatic N) is 1. The van der Waals surface area contributed by atoms with E-state index in [0.29, 0.717) is 11.1 Å². The van der Waals surface area contributed by atoms with Crippen LogP contribution in [-0.2, 0) is 11.3 Å². The zero-order chi connectivity index (χ0) is 19.1. The summed E-state index contributed by atoms with van der Waals surface area (Å²) < 4.78 is 28.8. The van der Waals surface area contributed by atoms with E-state index < -0.39 is 6.61 Å².